The van der Waals surface area contributed by atoms with Gasteiger partial charge in [-0.1, -0.05) is 38.8 Å². The first kappa shape index (κ1) is 16.0. The summed E-state index contributed by atoms with van der Waals surface area (Å²) >= 11 is 0. The van der Waals surface area contributed by atoms with Gasteiger partial charge < -0.3 is 5.11 Å². The Labute approximate surface area is 134 Å². The molecule has 1 fully saturated rings. The van der Waals surface area contributed by atoms with E-state index in [0.29, 0.717) is 18.1 Å². The highest BCUT2D eigenvalue weighted by Gasteiger charge is 2.55. The topological polar surface area (TPSA) is 37.3 Å². The number of aliphatic hydroxyl groups excluding tert-OH is 1. The first-order valence-electron chi connectivity index (χ1n) is 8.78. The molecule has 0 spiro atoms. The van der Waals surface area contributed by atoms with Crippen LogP contribution in [0.1, 0.15) is 65.7 Å². The standard InChI is InChI=1S/C20H30O2/c1-5-18(2)10-7-15-14(12-18)16(22)11-17-19(3,13-21)8-6-9-20(15,17)4/h5,17,21H,1,6-13H2,2-4H3/t17-,18+,19+,20-/m1/s1. The lowest BCUT2D eigenvalue weighted by Gasteiger charge is -2.57. The third-order valence-corrected chi connectivity index (χ3v) is 7.21. The average Bonchev–Trinajstić information content (AvgIpc) is 2.50. The molecule has 0 unspecified atom stereocenters. The molecule has 4 atom stereocenters. The van der Waals surface area contributed by atoms with Crippen LogP contribution in [0.15, 0.2) is 23.8 Å². The maximum Gasteiger partial charge on any atom is 0.159 e. The third-order valence-electron chi connectivity index (χ3n) is 7.21. The molecular weight excluding hydrogens is 272 g/mol. The Bertz CT molecular complexity index is 546. The molecule has 3 rings (SSSR count). The van der Waals surface area contributed by atoms with Crippen molar-refractivity contribution < 1.29 is 9.90 Å². The van der Waals surface area contributed by atoms with Crippen LogP contribution in [0.2, 0.25) is 0 Å². The van der Waals surface area contributed by atoms with Crippen LogP contribution in [0.4, 0.5) is 0 Å². The summed E-state index contributed by atoms with van der Waals surface area (Å²) < 4.78 is 0. The third kappa shape index (κ3) is 2.14. The van der Waals surface area contributed by atoms with Gasteiger partial charge in [-0.15, -0.1) is 6.58 Å². The molecule has 3 aliphatic carbocycles. The molecule has 2 heteroatoms. The van der Waals surface area contributed by atoms with E-state index >= 15 is 0 Å². The predicted molar refractivity (Wildman–Crippen MR) is 89.4 cm³/mol. The van der Waals surface area contributed by atoms with Crippen molar-refractivity contribution in [3.05, 3.63) is 23.8 Å². The van der Waals surface area contributed by atoms with Crippen LogP contribution in [0.25, 0.3) is 0 Å². The second kappa shape index (κ2) is 5.06. The molecule has 1 N–H and O–H groups in total. The average molecular weight is 302 g/mol. The molecule has 122 valence electrons. The zero-order valence-electron chi connectivity index (χ0n) is 14.4. The molecule has 22 heavy (non-hydrogen) atoms. The monoisotopic (exact) mass is 302 g/mol. The van der Waals surface area contributed by atoms with Gasteiger partial charge in [0.15, 0.2) is 5.78 Å². The number of hydrogen-bond donors (Lipinski definition) is 1. The van der Waals surface area contributed by atoms with Crippen molar-refractivity contribution in [2.45, 2.75) is 65.7 Å². The van der Waals surface area contributed by atoms with Crippen LogP contribution in [0.5, 0.6) is 0 Å². The predicted octanol–water partition coefficient (Wildman–Crippen LogP) is 4.44. The van der Waals surface area contributed by atoms with Crippen LogP contribution in [-0.2, 0) is 4.79 Å². The number of fused-ring (bicyclic) bond motifs is 2. The fourth-order valence-corrected chi connectivity index (χ4v) is 5.54. The van der Waals surface area contributed by atoms with E-state index in [2.05, 4.69) is 27.4 Å². The maximum absolute atomic E-state index is 12.9. The molecule has 0 aliphatic heterocycles. The summed E-state index contributed by atoms with van der Waals surface area (Å²) in [5, 5.41) is 9.97. The Morgan fingerprint density at radius 2 is 2.00 bits per heavy atom. The quantitative estimate of drug-likeness (QED) is 0.766. The molecule has 0 radical (unpaired) electrons. The van der Waals surface area contributed by atoms with Gasteiger partial charge in [-0.25, -0.2) is 0 Å². The van der Waals surface area contributed by atoms with Gasteiger partial charge in [0.1, 0.15) is 0 Å². The maximum atomic E-state index is 12.9. The van der Waals surface area contributed by atoms with Gasteiger partial charge in [-0.3, -0.25) is 4.79 Å². The zero-order valence-corrected chi connectivity index (χ0v) is 14.4. The summed E-state index contributed by atoms with van der Waals surface area (Å²) in [6, 6.07) is 0. The van der Waals surface area contributed by atoms with Crippen molar-refractivity contribution in [3.63, 3.8) is 0 Å². The highest BCUT2D eigenvalue weighted by atomic mass is 16.3. The van der Waals surface area contributed by atoms with Crippen molar-refractivity contribution in [2.24, 2.45) is 22.2 Å². The van der Waals surface area contributed by atoms with Crippen LogP contribution >= 0.6 is 0 Å². The van der Waals surface area contributed by atoms with Gasteiger partial charge in [0.25, 0.3) is 0 Å². The number of ketones is 1. The van der Waals surface area contributed by atoms with Crippen LogP contribution < -0.4 is 0 Å². The molecule has 0 saturated heterocycles. The molecule has 3 aliphatic rings. The van der Waals surface area contributed by atoms with Gasteiger partial charge in [-0.2, -0.15) is 0 Å². The first-order valence-corrected chi connectivity index (χ1v) is 8.78. The number of allylic oxidation sites excluding steroid dienone is 3. The lowest BCUT2D eigenvalue weighted by molar-refractivity contribution is -0.124. The Kier molecular flexibility index (Phi) is 3.67. The molecule has 0 aromatic carbocycles. The van der Waals surface area contributed by atoms with Crippen molar-refractivity contribution >= 4 is 5.78 Å². The van der Waals surface area contributed by atoms with Crippen LogP contribution in [0, 0.1) is 22.2 Å². The van der Waals surface area contributed by atoms with Crippen molar-refractivity contribution in [1.82, 2.24) is 0 Å². The molecule has 0 amide bonds. The summed E-state index contributed by atoms with van der Waals surface area (Å²) in [6.45, 7) is 11.0. The van der Waals surface area contributed by atoms with Gasteiger partial charge in [0, 0.05) is 13.0 Å². The van der Waals surface area contributed by atoms with Gasteiger partial charge in [-0.05, 0) is 59.8 Å². The fraction of sp³-hybridized carbons (Fsp3) is 0.750. The summed E-state index contributed by atoms with van der Waals surface area (Å²) in [5.74, 6) is 0.643. The Morgan fingerprint density at radius 1 is 1.27 bits per heavy atom. The molecule has 0 aromatic rings. The number of carbonyl (C=O) groups excluding carboxylic acids is 1. The van der Waals surface area contributed by atoms with Crippen molar-refractivity contribution in [3.8, 4) is 0 Å². The van der Waals surface area contributed by atoms with E-state index in [9.17, 15) is 9.90 Å². The van der Waals surface area contributed by atoms with E-state index in [1.165, 1.54) is 12.0 Å². The Hall–Kier alpha value is -0.890. The van der Waals surface area contributed by atoms with Crippen molar-refractivity contribution in [1.29, 1.82) is 0 Å². The number of Topliss-reactive ketones (excluding diaryl/α,β-unsaturated/α-hetero) is 1. The molecule has 0 bridgehead atoms. The summed E-state index contributed by atoms with van der Waals surface area (Å²) in [6.07, 6.45) is 9.03. The molecule has 0 heterocycles. The fourth-order valence-electron chi connectivity index (χ4n) is 5.54. The molecule has 0 aromatic heterocycles. The van der Waals surface area contributed by atoms with E-state index in [4.69, 9.17) is 0 Å². The van der Waals surface area contributed by atoms with Crippen LogP contribution in [-0.4, -0.2) is 17.5 Å². The molecule has 2 nitrogen and oxygen atoms in total. The van der Waals surface area contributed by atoms with Gasteiger partial charge >= 0.3 is 0 Å². The highest BCUT2D eigenvalue weighted by molar-refractivity contribution is 5.98. The normalized spacial score (nSPS) is 45.3. The lowest BCUT2D eigenvalue weighted by atomic mass is 9.47. The summed E-state index contributed by atoms with van der Waals surface area (Å²) in [7, 11) is 0. The molecular formula is C20H30O2. The van der Waals surface area contributed by atoms with E-state index in [1.807, 2.05) is 6.08 Å². The number of rotatable bonds is 2. The first-order chi connectivity index (χ1) is 10.3. The number of hydrogen-bond acceptors (Lipinski definition) is 2. The van der Waals surface area contributed by atoms with E-state index in [0.717, 1.165) is 37.7 Å². The Morgan fingerprint density at radius 3 is 2.64 bits per heavy atom. The number of carbonyl (C=O) groups is 1. The zero-order chi connectivity index (χ0) is 16.2. The van der Waals surface area contributed by atoms with E-state index < -0.39 is 0 Å². The molecule has 1 saturated carbocycles. The Balaban J connectivity index is 2.06. The van der Waals surface area contributed by atoms with E-state index in [-0.39, 0.29) is 22.9 Å². The highest BCUT2D eigenvalue weighted by Crippen LogP contribution is 2.62. The smallest absolute Gasteiger partial charge is 0.159 e. The van der Waals surface area contributed by atoms with Gasteiger partial charge in [0.2, 0.25) is 0 Å². The lowest BCUT2D eigenvalue weighted by Crippen LogP contribution is -2.51. The second-order valence-corrected chi connectivity index (χ2v) is 8.76. The summed E-state index contributed by atoms with van der Waals surface area (Å²) in [4.78, 5) is 12.9. The number of aliphatic hydroxyl groups is 1. The van der Waals surface area contributed by atoms with Crippen LogP contribution in [0.3, 0.4) is 0 Å². The minimum Gasteiger partial charge on any atom is -0.396 e. The van der Waals surface area contributed by atoms with Crippen molar-refractivity contribution in [2.75, 3.05) is 6.61 Å². The largest absolute Gasteiger partial charge is 0.396 e. The minimum absolute atomic E-state index is 0.0760. The van der Waals surface area contributed by atoms with Gasteiger partial charge in [0.05, 0.1) is 0 Å². The minimum atomic E-state index is -0.0968. The second-order valence-electron chi connectivity index (χ2n) is 8.76. The SMILES string of the molecule is C=C[C@@]1(C)CCC2=C(C1)C(=O)C[C@@H]1[C@](C)(CO)CCC[C@]21C. The summed E-state index contributed by atoms with van der Waals surface area (Å²) in [5.41, 5.74) is 2.62. The van der Waals surface area contributed by atoms with E-state index in [1.54, 1.807) is 0 Å².